The third-order valence-electron chi connectivity index (χ3n) is 6.59. The average molecular weight is 422 g/mol. The lowest BCUT2D eigenvalue weighted by Crippen LogP contribution is -2.34. The summed E-state index contributed by atoms with van der Waals surface area (Å²) >= 11 is 0. The van der Waals surface area contributed by atoms with Gasteiger partial charge in [-0.05, 0) is 60.9 Å². The van der Waals surface area contributed by atoms with Crippen molar-refractivity contribution < 1.29 is 15.0 Å². The summed E-state index contributed by atoms with van der Waals surface area (Å²) < 4.78 is 1.44. The van der Waals surface area contributed by atoms with Gasteiger partial charge in [0.25, 0.3) is 5.91 Å². The number of rotatable bonds is 5. The Hall–Kier alpha value is -2.97. The number of hydrogen-bond acceptors (Lipinski definition) is 6. The second-order valence-electron chi connectivity index (χ2n) is 9.02. The molecule has 0 saturated heterocycles. The number of carbonyl (C=O) groups excluding carboxylic acids is 1. The number of hydrogen-bond donors (Lipinski definition) is 3. The van der Waals surface area contributed by atoms with Gasteiger partial charge in [-0.3, -0.25) is 4.79 Å². The number of benzene rings is 1. The Bertz CT molecular complexity index is 1200. The van der Waals surface area contributed by atoms with Crippen molar-refractivity contribution in [1.82, 2.24) is 19.5 Å². The standard InChI is InChI=1S/C23H27N5O3/c1-11(2)16-9-14(8-15-10-27(22(29)18(15)16)12(3)13-4-5-13)17-6-7-28-21(25-17)19(23(30)31)20(24)26-28/h6-9,11-13,23,30-31H,4-5,10H2,1-3H3,(H2,24,26)/t12-/m0/s1. The average Bonchev–Trinajstić information content (AvgIpc) is 3.44. The minimum absolute atomic E-state index is 0.0341. The highest BCUT2D eigenvalue weighted by Gasteiger charge is 2.40. The van der Waals surface area contributed by atoms with E-state index in [0.29, 0.717) is 23.8 Å². The number of anilines is 1. The van der Waals surface area contributed by atoms with E-state index in [0.717, 1.165) is 22.3 Å². The van der Waals surface area contributed by atoms with Gasteiger partial charge in [-0.25, -0.2) is 9.50 Å². The maximum Gasteiger partial charge on any atom is 0.255 e. The fraction of sp³-hybridized carbons (Fsp3) is 0.435. The second-order valence-corrected chi connectivity index (χ2v) is 9.02. The third-order valence-corrected chi connectivity index (χ3v) is 6.59. The summed E-state index contributed by atoms with van der Waals surface area (Å²) in [5.41, 5.74) is 10.6. The van der Waals surface area contributed by atoms with Crippen LogP contribution in [0.3, 0.4) is 0 Å². The molecule has 0 radical (unpaired) electrons. The molecule has 1 fully saturated rings. The summed E-state index contributed by atoms with van der Waals surface area (Å²) in [6.45, 7) is 6.95. The van der Waals surface area contributed by atoms with Crippen molar-refractivity contribution in [1.29, 1.82) is 0 Å². The molecule has 0 spiro atoms. The third kappa shape index (κ3) is 3.18. The van der Waals surface area contributed by atoms with Crippen LogP contribution in [0.4, 0.5) is 5.82 Å². The van der Waals surface area contributed by atoms with Gasteiger partial charge in [-0.15, -0.1) is 5.10 Å². The summed E-state index contributed by atoms with van der Waals surface area (Å²) in [6.07, 6.45) is 2.33. The molecule has 162 valence electrons. The summed E-state index contributed by atoms with van der Waals surface area (Å²) in [7, 11) is 0. The summed E-state index contributed by atoms with van der Waals surface area (Å²) in [5, 5.41) is 23.5. The Labute approximate surface area is 180 Å². The van der Waals surface area contributed by atoms with E-state index >= 15 is 0 Å². The van der Waals surface area contributed by atoms with Crippen LogP contribution < -0.4 is 5.73 Å². The van der Waals surface area contributed by atoms with Crippen LogP contribution in [0.5, 0.6) is 0 Å². The van der Waals surface area contributed by atoms with Gasteiger partial charge in [-0.1, -0.05) is 13.8 Å². The Morgan fingerprint density at radius 3 is 2.58 bits per heavy atom. The van der Waals surface area contributed by atoms with E-state index in [9.17, 15) is 15.0 Å². The van der Waals surface area contributed by atoms with Gasteiger partial charge in [0.05, 0.1) is 11.3 Å². The molecule has 0 unspecified atom stereocenters. The van der Waals surface area contributed by atoms with E-state index in [4.69, 9.17) is 5.73 Å². The molecular formula is C23H27N5O3. The monoisotopic (exact) mass is 421 g/mol. The van der Waals surface area contributed by atoms with Crippen molar-refractivity contribution >= 4 is 17.4 Å². The number of nitrogens with two attached hydrogens (primary N) is 1. The van der Waals surface area contributed by atoms with Crippen LogP contribution in [0.15, 0.2) is 24.4 Å². The number of aliphatic hydroxyl groups is 2. The van der Waals surface area contributed by atoms with Crippen molar-refractivity contribution in [2.24, 2.45) is 5.92 Å². The van der Waals surface area contributed by atoms with Gasteiger partial charge in [0.15, 0.2) is 17.8 Å². The number of aromatic nitrogens is 3. The summed E-state index contributed by atoms with van der Waals surface area (Å²) in [5.74, 6) is 0.951. The van der Waals surface area contributed by atoms with Crippen LogP contribution in [0.2, 0.25) is 0 Å². The zero-order valence-electron chi connectivity index (χ0n) is 17.9. The van der Waals surface area contributed by atoms with Gasteiger partial charge in [0.1, 0.15) is 0 Å². The Kier molecular flexibility index (Phi) is 4.53. The molecule has 1 atom stereocenters. The molecule has 8 nitrogen and oxygen atoms in total. The van der Waals surface area contributed by atoms with Crippen LogP contribution in [0.1, 0.15) is 72.9 Å². The highest BCUT2D eigenvalue weighted by Crippen LogP contribution is 2.41. The fourth-order valence-electron chi connectivity index (χ4n) is 4.65. The van der Waals surface area contributed by atoms with E-state index in [-0.39, 0.29) is 29.2 Å². The zero-order valence-corrected chi connectivity index (χ0v) is 17.9. The van der Waals surface area contributed by atoms with Gasteiger partial charge in [-0.2, -0.15) is 0 Å². The predicted octanol–water partition coefficient (Wildman–Crippen LogP) is 2.84. The number of nitrogen functional groups attached to an aromatic ring is 1. The molecule has 5 rings (SSSR count). The molecule has 4 N–H and O–H groups in total. The van der Waals surface area contributed by atoms with Crippen molar-refractivity contribution in [3.63, 3.8) is 0 Å². The molecule has 2 aromatic heterocycles. The van der Waals surface area contributed by atoms with Crippen LogP contribution in [-0.4, -0.2) is 41.7 Å². The van der Waals surface area contributed by atoms with Crippen LogP contribution in [-0.2, 0) is 6.54 Å². The summed E-state index contributed by atoms with van der Waals surface area (Å²) in [6, 6.07) is 6.13. The van der Waals surface area contributed by atoms with Gasteiger partial charge >= 0.3 is 0 Å². The minimum atomic E-state index is -1.76. The molecule has 1 aliphatic heterocycles. The molecule has 1 saturated carbocycles. The molecule has 31 heavy (non-hydrogen) atoms. The highest BCUT2D eigenvalue weighted by molar-refractivity contribution is 6.01. The van der Waals surface area contributed by atoms with Crippen molar-refractivity contribution in [2.75, 3.05) is 5.73 Å². The van der Waals surface area contributed by atoms with Crippen molar-refractivity contribution in [3.05, 3.63) is 46.6 Å². The van der Waals surface area contributed by atoms with E-state index in [1.807, 2.05) is 23.1 Å². The predicted molar refractivity (Wildman–Crippen MR) is 116 cm³/mol. The zero-order chi connectivity index (χ0) is 22.0. The van der Waals surface area contributed by atoms with Crippen molar-refractivity contribution in [2.45, 2.75) is 58.4 Å². The lowest BCUT2D eigenvalue weighted by Gasteiger charge is -2.24. The first-order valence-electron chi connectivity index (χ1n) is 10.7. The van der Waals surface area contributed by atoms with Gasteiger partial charge in [0.2, 0.25) is 0 Å². The minimum Gasteiger partial charge on any atom is -0.382 e. The number of fused-ring (bicyclic) bond motifs is 2. The first-order chi connectivity index (χ1) is 14.8. The van der Waals surface area contributed by atoms with Crippen LogP contribution in [0.25, 0.3) is 16.9 Å². The topological polar surface area (TPSA) is 117 Å². The SMILES string of the molecule is CC(C)c1cc(-c2ccn3nc(N)c(C(O)O)c3n2)cc2c1C(=O)N([C@@H](C)C1CC1)C2. The summed E-state index contributed by atoms with van der Waals surface area (Å²) in [4.78, 5) is 19.9. The molecule has 1 amide bonds. The highest BCUT2D eigenvalue weighted by atomic mass is 16.5. The lowest BCUT2D eigenvalue weighted by atomic mass is 9.91. The molecule has 1 aliphatic carbocycles. The van der Waals surface area contributed by atoms with Gasteiger partial charge < -0.3 is 20.8 Å². The molecule has 1 aromatic carbocycles. The fourth-order valence-corrected chi connectivity index (χ4v) is 4.65. The Morgan fingerprint density at radius 2 is 1.94 bits per heavy atom. The Morgan fingerprint density at radius 1 is 1.19 bits per heavy atom. The van der Waals surface area contributed by atoms with Crippen LogP contribution in [0, 0.1) is 5.92 Å². The second kappa shape index (κ2) is 7.03. The van der Waals surface area contributed by atoms with E-state index in [1.54, 1.807) is 6.20 Å². The lowest BCUT2D eigenvalue weighted by molar-refractivity contribution is -0.0408. The molecule has 2 aliphatic rings. The largest absolute Gasteiger partial charge is 0.382 e. The van der Waals surface area contributed by atoms with Crippen molar-refractivity contribution in [3.8, 4) is 11.3 Å². The first kappa shape index (κ1) is 20.0. The first-order valence-corrected chi connectivity index (χ1v) is 10.7. The number of aliphatic hydroxyl groups excluding tert-OH is 1. The van der Waals surface area contributed by atoms with Gasteiger partial charge in [0, 0.05) is 29.9 Å². The van der Waals surface area contributed by atoms with Crippen LogP contribution >= 0.6 is 0 Å². The van der Waals surface area contributed by atoms with E-state index in [2.05, 4.69) is 30.9 Å². The Balaban J connectivity index is 1.62. The van der Waals surface area contributed by atoms with E-state index in [1.165, 1.54) is 17.4 Å². The number of carbonyl (C=O) groups is 1. The molecule has 3 aromatic rings. The number of amides is 1. The maximum atomic E-state index is 13.3. The molecule has 8 heteroatoms. The number of nitrogens with zero attached hydrogens (tertiary/aromatic N) is 4. The van der Waals surface area contributed by atoms with E-state index < -0.39 is 6.29 Å². The molecule has 3 heterocycles. The normalized spacial score (nSPS) is 17.3. The quantitative estimate of drug-likeness (QED) is 0.546. The molecule has 0 bridgehead atoms. The molecular weight excluding hydrogens is 394 g/mol. The maximum absolute atomic E-state index is 13.3. The smallest absolute Gasteiger partial charge is 0.255 e.